The molecule has 0 aliphatic heterocycles. The Morgan fingerprint density at radius 3 is 2.06 bits per heavy atom. The Balaban J connectivity index is 1.50. The van der Waals surface area contributed by atoms with Gasteiger partial charge in [0.1, 0.15) is 27.9 Å². The van der Waals surface area contributed by atoms with Crippen LogP contribution in [0, 0.1) is 11.6 Å². The lowest BCUT2D eigenvalue weighted by atomic mass is 9.89. The molecule has 1 saturated carbocycles. The Morgan fingerprint density at radius 1 is 0.902 bits per heavy atom. The van der Waals surface area contributed by atoms with Gasteiger partial charge in [-0.3, -0.25) is 4.79 Å². The van der Waals surface area contributed by atoms with Gasteiger partial charge in [-0.1, -0.05) is 29.8 Å². The lowest BCUT2D eigenvalue weighted by Crippen LogP contribution is -2.47. The van der Waals surface area contributed by atoms with E-state index in [2.05, 4.69) is 0 Å². The Hall–Kier alpha value is -3.78. The average Bonchev–Trinajstić information content (AvgIpc) is 3.45. The second kappa shape index (κ2) is 15.1. The Kier molecular flexibility index (Phi) is 11.4. The highest BCUT2D eigenvalue weighted by molar-refractivity contribution is 7.89. The normalized spacial score (nSPS) is 16.7. The molecule has 9 nitrogen and oxygen atoms in total. The zero-order valence-electron chi connectivity index (χ0n) is 29.6. The number of sulfonamides is 1. The van der Waals surface area contributed by atoms with Gasteiger partial charge in [0.25, 0.3) is 5.91 Å². The first-order chi connectivity index (χ1) is 23.9. The molecule has 1 aromatic heterocycles. The SMILES string of the molecule is COc1ccc(-c2ccc(S(=O)(=O)N(C)C)cc2)cc1CN(C(=O)c1sc2c(F)ccc(F)c2c1Cl)C1CCC(N(C)C(=O)OC(C)(C)C)CC1. The van der Waals surface area contributed by atoms with Crippen molar-refractivity contribution in [3.63, 3.8) is 0 Å². The standard InChI is InChI=1S/C37H42ClF2N3O6S2/c1-37(2,3)49-36(45)42(6)25-11-13-26(14-12-25)43(35(44)34-32(38)31-28(39)17-18-29(40)33(31)50-34)21-24-20-23(10-19-30(24)48-7)22-8-15-27(16-9-22)51(46,47)41(4)5/h8-10,15-20,25-26H,11-14,21H2,1-7H3. The van der Waals surface area contributed by atoms with Crippen LogP contribution in [-0.2, 0) is 21.3 Å². The number of carbonyl (C=O) groups excluding carboxylic acids is 2. The minimum Gasteiger partial charge on any atom is -0.496 e. The monoisotopic (exact) mass is 761 g/mol. The highest BCUT2D eigenvalue weighted by Gasteiger charge is 2.36. The fourth-order valence-electron chi connectivity index (χ4n) is 6.27. The van der Waals surface area contributed by atoms with Gasteiger partial charge in [0.05, 0.1) is 27.1 Å². The van der Waals surface area contributed by atoms with Crippen LogP contribution >= 0.6 is 22.9 Å². The smallest absolute Gasteiger partial charge is 0.410 e. The number of carbonyl (C=O) groups is 2. The van der Waals surface area contributed by atoms with Gasteiger partial charge in [0.15, 0.2) is 0 Å². The number of halogens is 3. The first kappa shape index (κ1) is 38.5. The zero-order chi connectivity index (χ0) is 37.4. The first-order valence-corrected chi connectivity index (χ1v) is 19.1. The van der Waals surface area contributed by atoms with Crippen molar-refractivity contribution in [3.05, 3.63) is 81.7 Å². The molecule has 3 aromatic carbocycles. The second-order valence-electron chi connectivity index (χ2n) is 13.8. The van der Waals surface area contributed by atoms with Gasteiger partial charge in [-0.2, -0.15) is 0 Å². The van der Waals surface area contributed by atoms with Crippen molar-refractivity contribution in [2.45, 2.75) is 75.6 Å². The maximum absolute atomic E-state index is 14.9. The third kappa shape index (κ3) is 8.16. The second-order valence-corrected chi connectivity index (χ2v) is 17.4. The minimum absolute atomic E-state index is 0.0245. The largest absolute Gasteiger partial charge is 0.496 e. The molecule has 14 heteroatoms. The summed E-state index contributed by atoms with van der Waals surface area (Å²) in [6, 6.07) is 13.6. The van der Waals surface area contributed by atoms with Gasteiger partial charge >= 0.3 is 6.09 Å². The van der Waals surface area contributed by atoms with E-state index in [1.165, 1.54) is 21.2 Å². The molecule has 0 saturated heterocycles. The molecular formula is C37H42ClF2N3O6S2. The Labute approximate surface area is 306 Å². The molecule has 0 atom stereocenters. The van der Waals surface area contributed by atoms with Crippen molar-refractivity contribution >= 4 is 55.0 Å². The quantitative estimate of drug-likeness (QED) is 0.170. The van der Waals surface area contributed by atoms with Crippen LogP contribution in [0.15, 0.2) is 59.5 Å². The highest BCUT2D eigenvalue weighted by Crippen LogP contribution is 2.41. The van der Waals surface area contributed by atoms with E-state index >= 15 is 0 Å². The summed E-state index contributed by atoms with van der Waals surface area (Å²) in [7, 11) is 2.56. The Bertz CT molecular complexity index is 2040. The number of hydrogen-bond acceptors (Lipinski definition) is 7. The van der Waals surface area contributed by atoms with Crippen molar-refractivity contribution in [2.24, 2.45) is 0 Å². The third-order valence-electron chi connectivity index (χ3n) is 9.06. The molecule has 1 aliphatic carbocycles. The molecule has 1 heterocycles. The molecule has 0 N–H and O–H groups in total. The predicted molar refractivity (Wildman–Crippen MR) is 196 cm³/mol. The highest BCUT2D eigenvalue weighted by atomic mass is 35.5. The maximum Gasteiger partial charge on any atom is 0.410 e. The lowest BCUT2D eigenvalue weighted by molar-refractivity contribution is 0.0144. The molecule has 0 radical (unpaired) electrons. The van der Waals surface area contributed by atoms with Crippen LogP contribution < -0.4 is 4.74 Å². The van der Waals surface area contributed by atoms with Crippen LogP contribution in [-0.4, -0.2) is 80.5 Å². The Morgan fingerprint density at radius 2 is 1.49 bits per heavy atom. The summed E-state index contributed by atoms with van der Waals surface area (Å²) >= 11 is 7.44. The van der Waals surface area contributed by atoms with Crippen LogP contribution in [0.2, 0.25) is 5.02 Å². The number of benzene rings is 3. The number of ether oxygens (including phenoxy) is 2. The number of nitrogens with zero attached hydrogens (tertiary/aromatic N) is 3. The first-order valence-electron chi connectivity index (χ1n) is 16.5. The summed E-state index contributed by atoms with van der Waals surface area (Å²) in [5.41, 5.74) is 1.53. The minimum atomic E-state index is -3.62. The van der Waals surface area contributed by atoms with E-state index < -0.39 is 39.3 Å². The van der Waals surface area contributed by atoms with Crippen molar-refractivity contribution in [2.75, 3.05) is 28.3 Å². The van der Waals surface area contributed by atoms with Crippen molar-refractivity contribution in [1.82, 2.24) is 14.1 Å². The summed E-state index contributed by atoms with van der Waals surface area (Å²) in [5.74, 6) is -1.35. The van der Waals surface area contributed by atoms with E-state index in [1.807, 2.05) is 32.9 Å². The van der Waals surface area contributed by atoms with E-state index in [0.29, 0.717) is 37.0 Å². The van der Waals surface area contributed by atoms with Gasteiger partial charge in [-0.05, 0) is 94.0 Å². The van der Waals surface area contributed by atoms with Gasteiger partial charge in [-0.15, -0.1) is 11.3 Å². The third-order valence-corrected chi connectivity index (χ3v) is 12.6. The van der Waals surface area contributed by atoms with Crippen molar-refractivity contribution in [1.29, 1.82) is 0 Å². The number of methoxy groups -OCH3 is 1. The summed E-state index contributed by atoms with van der Waals surface area (Å²) < 4.78 is 67.3. The maximum atomic E-state index is 14.9. The molecule has 0 bridgehead atoms. The number of amides is 2. The van der Waals surface area contributed by atoms with Crippen molar-refractivity contribution < 1.29 is 36.3 Å². The van der Waals surface area contributed by atoms with Crippen molar-refractivity contribution in [3.8, 4) is 16.9 Å². The van der Waals surface area contributed by atoms with E-state index in [9.17, 15) is 26.8 Å². The van der Waals surface area contributed by atoms with Crippen LogP contribution in [0.1, 0.15) is 61.7 Å². The number of thiophene rings is 1. The van der Waals surface area contributed by atoms with Crippen LogP contribution in [0.25, 0.3) is 21.2 Å². The lowest BCUT2D eigenvalue weighted by Gasteiger charge is -2.40. The summed E-state index contributed by atoms with van der Waals surface area (Å²) in [4.78, 5) is 30.8. The summed E-state index contributed by atoms with van der Waals surface area (Å²) in [5, 5.41) is -0.277. The van der Waals surface area contributed by atoms with Gasteiger partial charge < -0.3 is 19.3 Å². The summed E-state index contributed by atoms with van der Waals surface area (Å²) in [6.07, 6.45) is 1.84. The fraction of sp³-hybridized carbons (Fsp3) is 0.405. The molecule has 274 valence electrons. The zero-order valence-corrected chi connectivity index (χ0v) is 32.0. The predicted octanol–water partition coefficient (Wildman–Crippen LogP) is 8.58. The topological polar surface area (TPSA) is 96.5 Å². The van der Waals surface area contributed by atoms with Crippen LogP contribution in [0.4, 0.5) is 13.6 Å². The molecule has 1 fully saturated rings. The van der Waals surface area contributed by atoms with Gasteiger partial charge in [-0.25, -0.2) is 26.3 Å². The van der Waals surface area contributed by atoms with E-state index in [4.69, 9.17) is 21.1 Å². The molecule has 2 amide bonds. The van der Waals surface area contributed by atoms with Gasteiger partial charge in [0.2, 0.25) is 10.0 Å². The molecular weight excluding hydrogens is 720 g/mol. The van der Waals surface area contributed by atoms with E-state index in [1.54, 1.807) is 47.2 Å². The van der Waals surface area contributed by atoms with E-state index in [0.717, 1.165) is 38.9 Å². The molecule has 0 unspecified atom stereocenters. The number of fused-ring (bicyclic) bond motifs is 1. The molecule has 0 spiro atoms. The number of hydrogen-bond donors (Lipinski definition) is 0. The molecule has 51 heavy (non-hydrogen) atoms. The number of rotatable bonds is 9. The summed E-state index contributed by atoms with van der Waals surface area (Å²) in [6.45, 7) is 5.51. The average molecular weight is 762 g/mol. The van der Waals surface area contributed by atoms with Gasteiger partial charge in [0, 0.05) is 45.3 Å². The van der Waals surface area contributed by atoms with E-state index in [-0.39, 0.29) is 43.5 Å². The fourth-order valence-corrected chi connectivity index (χ4v) is 8.67. The molecule has 5 rings (SSSR count). The molecule has 1 aliphatic rings. The van der Waals surface area contributed by atoms with Crippen LogP contribution in [0.5, 0.6) is 5.75 Å². The molecule has 4 aromatic rings. The van der Waals surface area contributed by atoms with Crippen LogP contribution in [0.3, 0.4) is 0 Å².